The Hall–Kier alpha value is -1.13. The molecule has 2 aliphatic rings. The third-order valence-corrected chi connectivity index (χ3v) is 5.61. The summed E-state index contributed by atoms with van der Waals surface area (Å²) in [7, 11) is -3.26. The molecule has 2 heterocycles. The van der Waals surface area contributed by atoms with Crippen LogP contribution in [0.2, 0.25) is 0 Å². The molecule has 3 rings (SSSR count). The van der Waals surface area contributed by atoms with Gasteiger partial charge in [-0.05, 0) is 25.5 Å². The number of sulfone groups is 1. The van der Waals surface area contributed by atoms with Crippen LogP contribution in [-0.4, -0.2) is 25.9 Å². The van der Waals surface area contributed by atoms with E-state index >= 15 is 0 Å². The van der Waals surface area contributed by atoms with Crippen molar-refractivity contribution in [2.24, 2.45) is 0 Å². The molecule has 0 unspecified atom stereocenters. The Kier molecular flexibility index (Phi) is 2.38. The number of hydrogen-bond acceptors (Lipinski definition) is 3. The molecule has 17 heavy (non-hydrogen) atoms. The molecule has 0 aromatic heterocycles. The fourth-order valence-electron chi connectivity index (χ4n) is 2.44. The smallest absolute Gasteiger partial charge is 0.184 e. The fraction of sp³-hybridized carbons (Fsp3) is 0.385. The normalized spacial score (nSPS) is 31.0. The number of ether oxygens (including phenoxy) is 1. The van der Waals surface area contributed by atoms with Crippen LogP contribution in [0.3, 0.4) is 0 Å². The maximum Gasteiger partial charge on any atom is 0.184 e. The van der Waals surface area contributed by atoms with Gasteiger partial charge in [0.25, 0.3) is 0 Å². The van der Waals surface area contributed by atoms with Crippen molar-refractivity contribution in [2.45, 2.75) is 35.7 Å². The van der Waals surface area contributed by atoms with Crippen LogP contribution in [0.15, 0.2) is 41.3 Å². The van der Waals surface area contributed by atoms with E-state index in [-0.39, 0.29) is 12.2 Å². The number of benzene rings is 1. The van der Waals surface area contributed by atoms with Gasteiger partial charge in [-0.1, -0.05) is 29.8 Å². The van der Waals surface area contributed by atoms with Crippen LogP contribution in [-0.2, 0) is 14.6 Å². The summed E-state index contributed by atoms with van der Waals surface area (Å²) in [5, 5.41) is -0.416. The first-order valence-electron chi connectivity index (χ1n) is 5.72. The minimum Gasteiger partial charge on any atom is -0.365 e. The second-order valence-electron chi connectivity index (χ2n) is 4.66. The molecule has 1 saturated heterocycles. The van der Waals surface area contributed by atoms with Gasteiger partial charge in [0, 0.05) is 0 Å². The lowest BCUT2D eigenvalue weighted by Gasteiger charge is -2.16. The van der Waals surface area contributed by atoms with Gasteiger partial charge in [-0.15, -0.1) is 0 Å². The average molecular weight is 250 g/mol. The summed E-state index contributed by atoms with van der Waals surface area (Å²) in [6.07, 6.45) is 4.13. The van der Waals surface area contributed by atoms with Gasteiger partial charge in [0.1, 0.15) is 0 Å². The van der Waals surface area contributed by atoms with Gasteiger partial charge in [-0.25, -0.2) is 8.42 Å². The van der Waals surface area contributed by atoms with Crippen molar-refractivity contribution in [3.63, 3.8) is 0 Å². The van der Waals surface area contributed by atoms with Gasteiger partial charge < -0.3 is 4.74 Å². The first-order valence-corrected chi connectivity index (χ1v) is 7.26. The summed E-state index contributed by atoms with van der Waals surface area (Å²) < 4.78 is 30.4. The number of hydrogen-bond donors (Lipinski definition) is 0. The monoisotopic (exact) mass is 250 g/mol. The molecule has 90 valence electrons. The average Bonchev–Trinajstić information content (AvgIpc) is 2.91. The molecule has 4 heteroatoms. The van der Waals surface area contributed by atoms with Gasteiger partial charge in [0.05, 0.1) is 22.4 Å². The van der Waals surface area contributed by atoms with Crippen molar-refractivity contribution in [2.75, 3.05) is 0 Å². The maximum atomic E-state index is 12.4. The van der Waals surface area contributed by atoms with Gasteiger partial charge in [-0.2, -0.15) is 0 Å². The Balaban J connectivity index is 1.96. The van der Waals surface area contributed by atoms with Crippen molar-refractivity contribution in [1.29, 1.82) is 0 Å². The number of rotatable bonds is 2. The summed E-state index contributed by atoms with van der Waals surface area (Å²) in [6, 6.07) is 7.02. The second kappa shape index (κ2) is 3.68. The summed E-state index contributed by atoms with van der Waals surface area (Å²) in [6.45, 7) is 1.94. The Morgan fingerprint density at radius 1 is 1.18 bits per heavy atom. The highest BCUT2D eigenvalue weighted by molar-refractivity contribution is 7.92. The van der Waals surface area contributed by atoms with E-state index in [9.17, 15) is 8.42 Å². The summed E-state index contributed by atoms with van der Waals surface area (Å²) in [4.78, 5) is 0.401. The fourth-order valence-corrected chi connectivity index (χ4v) is 4.26. The van der Waals surface area contributed by atoms with E-state index in [1.54, 1.807) is 12.1 Å². The first kappa shape index (κ1) is 11.0. The maximum absolute atomic E-state index is 12.4. The van der Waals surface area contributed by atoms with Crippen LogP contribution in [0.25, 0.3) is 0 Å². The van der Waals surface area contributed by atoms with Crippen molar-refractivity contribution < 1.29 is 13.2 Å². The zero-order valence-electron chi connectivity index (χ0n) is 9.54. The molecule has 0 saturated carbocycles. The Morgan fingerprint density at radius 3 is 2.41 bits per heavy atom. The molecule has 0 aliphatic carbocycles. The van der Waals surface area contributed by atoms with Crippen LogP contribution >= 0.6 is 0 Å². The summed E-state index contributed by atoms with van der Waals surface area (Å²) >= 11 is 0. The van der Waals surface area contributed by atoms with Gasteiger partial charge in [0.15, 0.2) is 9.84 Å². The lowest BCUT2D eigenvalue weighted by Crippen LogP contribution is -2.29. The van der Waals surface area contributed by atoms with E-state index in [1.165, 1.54) is 0 Å². The number of aryl methyl sites for hydroxylation is 1. The third-order valence-electron chi connectivity index (χ3n) is 3.43. The molecule has 0 radical (unpaired) electrons. The molecule has 1 fully saturated rings. The van der Waals surface area contributed by atoms with Crippen LogP contribution in [0, 0.1) is 6.92 Å². The van der Waals surface area contributed by atoms with Gasteiger partial charge >= 0.3 is 0 Å². The highest BCUT2D eigenvalue weighted by Gasteiger charge is 2.44. The Labute approximate surface area is 101 Å². The standard InChI is InChI=1S/C13H14O3S/c1-9-2-5-11(6-3-9)17(14,15)13-8-10-4-7-12(13)16-10/h2-7,10,12-13H,8H2,1H3/t10-,12+,13+/m0/s1. The molecule has 3 atom stereocenters. The van der Waals surface area contributed by atoms with Crippen molar-refractivity contribution in [3.8, 4) is 0 Å². The molecular formula is C13H14O3S. The molecule has 0 N–H and O–H groups in total. The van der Waals surface area contributed by atoms with Crippen LogP contribution in [0.4, 0.5) is 0 Å². The second-order valence-corrected chi connectivity index (χ2v) is 6.82. The zero-order valence-corrected chi connectivity index (χ0v) is 10.4. The minimum absolute atomic E-state index is 0.00905. The predicted octanol–water partition coefficient (Wildman–Crippen LogP) is 1.86. The molecule has 1 aromatic rings. The van der Waals surface area contributed by atoms with E-state index in [0.29, 0.717) is 11.3 Å². The van der Waals surface area contributed by atoms with Crippen LogP contribution in [0.1, 0.15) is 12.0 Å². The first-order chi connectivity index (χ1) is 8.07. The lowest BCUT2D eigenvalue weighted by atomic mass is 10.1. The molecular weight excluding hydrogens is 236 g/mol. The van der Waals surface area contributed by atoms with E-state index in [2.05, 4.69) is 0 Å². The number of fused-ring (bicyclic) bond motifs is 2. The van der Waals surface area contributed by atoms with Crippen molar-refractivity contribution >= 4 is 9.84 Å². The van der Waals surface area contributed by atoms with Crippen molar-refractivity contribution in [1.82, 2.24) is 0 Å². The summed E-state index contributed by atoms with van der Waals surface area (Å²) in [5.74, 6) is 0. The lowest BCUT2D eigenvalue weighted by molar-refractivity contribution is 0.121. The van der Waals surface area contributed by atoms with E-state index < -0.39 is 15.1 Å². The quantitative estimate of drug-likeness (QED) is 0.752. The van der Waals surface area contributed by atoms with E-state index in [4.69, 9.17) is 4.74 Å². The highest BCUT2D eigenvalue weighted by Crippen LogP contribution is 2.35. The van der Waals surface area contributed by atoms with E-state index in [1.807, 2.05) is 31.2 Å². The van der Waals surface area contributed by atoms with Gasteiger partial charge in [-0.3, -0.25) is 0 Å². The Bertz CT molecular complexity index is 557. The van der Waals surface area contributed by atoms with Crippen molar-refractivity contribution in [3.05, 3.63) is 42.0 Å². The predicted molar refractivity (Wildman–Crippen MR) is 64.6 cm³/mol. The molecule has 2 aliphatic heterocycles. The Morgan fingerprint density at radius 2 is 1.88 bits per heavy atom. The molecule has 0 spiro atoms. The van der Waals surface area contributed by atoms with Crippen LogP contribution in [0.5, 0.6) is 0 Å². The largest absolute Gasteiger partial charge is 0.365 e. The van der Waals surface area contributed by atoms with Crippen LogP contribution < -0.4 is 0 Å². The highest BCUT2D eigenvalue weighted by atomic mass is 32.2. The topological polar surface area (TPSA) is 43.4 Å². The molecule has 0 amide bonds. The molecule has 2 bridgehead atoms. The minimum atomic E-state index is -3.26. The zero-order chi connectivity index (χ0) is 12.0. The molecule has 1 aromatic carbocycles. The third kappa shape index (κ3) is 1.72. The summed E-state index contributed by atoms with van der Waals surface area (Å²) in [5.41, 5.74) is 1.06. The SMILES string of the molecule is Cc1ccc(S(=O)(=O)[C@@H]2C[C@@H]3C=C[C@H]2O3)cc1. The van der Waals surface area contributed by atoms with E-state index in [0.717, 1.165) is 5.56 Å². The molecule has 3 nitrogen and oxygen atoms in total. The van der Waals surface area contributed by atoms with Gasteiger partial charge in [0.2, 0.25) is 0 Å².